The number of Topliss-reactive ketones (excluding diaryl/α,β-unsaturated/α-hetero) is 1. The Labute approximate surface area is 358 Å². The van der Waals surface area contributed by atoms with Crippen LogP contribution in [0, 0.1) is 16.7 Å². The third-order valence-electron chi connectivity index (χ3n) is 13.5. The highest BCUT2D eigenvalue weighted by molar-refractivity contribution is 5.96. The fourth-order valence-electron chi connectivity index (χ4n) is 10.2. The Morgan fingerprint density at radius 2 is 1.40 bits per heavy atom. The maximum absolute atomic E-state index is 15.5. The van der Waals surface area contributed by atoms with Crippen molar-refractivity contribution in [2.45, 2.75) is 108 Å². The van der Waals surface area contributed by atoms with E-state index in [-0.39, 0.29) is 35.3 Å². The standard InChI is InChI=1S/C47H51NO14/c1-25-31(60-43(56)36(52)35(28-16-10-7-11-17-28)48-41(54)29-18-12-8-13-19-29)23-47(57)40(61-42(55)30-20-14-9-15-21-30)38-45(6,32(51)22-33-46(38,24-58-33)62-27(3)50)39(53)37(59-26(2)49)34(25)44(47,4)5/h7-21,31-33,35-38,40,51-52,57H,22-24H2,1-6H3,(H,48,54)/t31-,32-,33?,35-,36+,37?,38?,40-,45+,46-,47+/m0/s1. The summed E-state index contributed by atoms with van der Waals surface area (Å²) in [5.41, 5.74) is -7.02. The van der Waals surface area contributed by atoms with E-state index in [2.05, 4.69) is 5.32 Å². The Balaban J connectivity index is 1.39. The van der Waals surface area contributed by atoms with Crippen molar-refractivity contribution in [2.24, 2.45) is 16.7 Å². The summed E-state index contributed by atoms with van der Waals surface area (Å²) in [6.45, 7) is 7.97. The van der Waals surface area contributed by atoms with Crippen molar-refractivity contribution in [2.75, 3.05) is 6.61 Å². The predicted octanol–water partition coefficient (Wildman–Crippen LogP) is 3.74. The van der Waals surface area contributed by atoms with Crippen LogP contribution in [0.25, 0.3) is 0 Å². The second kappa shape index (κ2) is 16.5. The van der Waals surface area contributed by atoms with Crippen LogP contribution in [-0.4, -0.2) is 105 Å². The van der Waals surface area contributed by atoms with E-state index in [1.165, 1.54) is 26.0 Å². The number of aliphatic hydroxyl groups is 3. The number of nitrogens with one attached hydrogen (secondary N) is 1. The number of ketones is 1. The Morgan fingerprint density at radius 1 is 0.823 bits per heavy atom. The van der Waals surface area contributed by atoms with E-state index >= 15 is 4.79 Å². The van der Waals surface area contributed by atoms with Crippen molar-refractivity contribution in [3.63, 3.8) is 0 Å². The largest absolute Gasteiger partial charge is 0.456 e. The molecule has 4 aliphatic rings. The minimum Gasteiger partial charge on any atom is -0.456 e. The van der Waals surface area contributed by atoms with Gasteiger partial charge >= 0.3 is 23.9 Å². The highest BCUT2D eigenvalue weighted by Gasteiger charge is 2.78. The summed E-state index contributed by atoms with van der Waals surface area (Å²) in [6.07, 6.45) is -10.5. The molecule has 1 heterocycles. The first-order chi connectivity index (χ1) is 29.3. The molecule has 3 aliphatic carbocycles. The second-order valence-corrected chi connectivity index (χ2v) is 17.4. The van der Waals surface area contributed by atoms with Crippen LogP contribution in [0.15, 0.2) is 102 Å². The van der Waals surface area contributed by atoms with Crippen molar-refractivity contribution in [1.29, 1.82) is 0 Å². The van der Waals surface area contributed by atoms with E-state index in [4.69, 9.17) is 23.7 Å². The molecule has 0 spiro atoms. The van der Waals surface area contributed by atoms with Gasteiger partial charge < -0.3 is 44.3 Å². The van der Waals surface area contributed by atoms with Crippen molar-refractivity contribution in [3.05, 3.63) is 119 Å². The fourth-order valence-corrected chi connectivity index (χ4v) is 10.2. The first-order valence-corrected chi connectivity index (χ1v) is 20.5. The molecule has 1 amide bonds. The lowest BCUT2D eigenvalue weighted by atomic mass is 9.44. The van der Waals surface area contributed by atoms with Crippen LogP contribution in [0.4, 0.5) is 0 Å². The molecule has 3 unspecified atom stereocenters. The Hall–Kier alpha value is -5.74. The normalized spacial score (nSPS) is 31.9. The number of aliphatic hydroxyl groups excluding tert-OH is 2. The summed E-state index contributed by atoms with van der Waals surface area (Å²) in [7, 11) is 0. The zero-order chi connectivity index (χ0) is 44.9. The lowest BCUT2D eigenvalue weighted by Crippen LogP contribution is -2.82. The first-order valence-electron chi connectivity index (χ1n) is 20.5. The van der Waals surface area contributed by atoms with E-state index in [1.54, 1.807) is 92.7 Å². The van der Waals surface area contributed by atoms with Gasteiger partial charge in [0.25, 0.3) is 5.91 Å². The van der Waals surface area contributed by atoms with Gasteiger partial charge in [-0.15, -0.1) is 0 Å². The van der Waals surface area contributed by atoms with Gasteiger partial charge in [-0.05, 0) is 54.8 Å². The molecule has 11 atom stereocenters. The number of amides is 1. The van der Waals surface area contributed by atoms with Crippen molar-refractivity contribution >= 4 is 35.6 Å². The predicted molar refractivity (Wildman–Crippen MR) is 218 cm³/mol. The van der Waals surface area contributed by atoms with Gasteiger partial charge in [-0.25, -0.2) is 9.59 Å². The SMILES string of the molecule is CC(=O)OC1C(=O)[C@@]2(C)C([C@H](OC(=O)c3ccccc3)[C@]3(O)C[C@H](OC(=O)[C@H](O)[C@@H](NC(=O)c4ccccc4)c4ccccc4)C(C)=C1C3(C)C)[C@]1(OC(C)=O)COC1C[C@@H]2O. The number of carbonyl (C=O) groups excluding carboxylic acids is 6. The second-order valence-electron chi connectivity index (χ2n) is 17.4. The smallest absolute Gasteiger partial charge is 0.338 e. The summed E-state index contributed by atoms with van der Waals surface area (Å²) < 4.78 is 30.3. The summed E-state index contributed by atoms with van der Waals surface area (Å²) in [6, 6.07) is 22.9. The molecule has 3 aromatic rings. The molecule has 7 rings (SSSR count). The lowest BCUT2D eigenvalue weighted by Gasteiger charge is -2.67. The van der Waals surface area contributed by atoms with Gasteiger partial charge in [0.05, 0.1) is 35.6 Å². The maximum atomic E-state index is 15.5. The number of benzene rings is 3. The molecule has 0 radical (unpaired) electrons. The molecule has 2 saturated carbocycles. The molecule has 62 heavy (non-hydrogen) atoms. The van der Waals surface area contributed by atoms with E-state index < -0.39 is 113 Å². The van der Waals surface area contributed by atoms with E-state index in [0.717, 1.165) is 13.8 Å². The number of fused-ring (bicyclic) bond motifs is 5. The Morgan fingerprint density at radius 3 is 1.95 bits per heavy atom. The van der Waals surface area contributed by atoms with Gasteiger partial charge in [-0.3, -0.25) is 19.2 Å². The van der Waals surface area contributed by atoms with Crippen LogP contribution in [0.5, 0.6) is 0 Å². The maximum Gasteiger partial charge on any atom is 0.338 e. The van der Waals surface area contributed by atoms with Crippen molar-refractivity contribution < 1.29 is 67.8 Å². The van der Waals surface area contributed by atoms with Gasteiger partial charge in [0.15, 0.2) is 23.6 Å². The van der Waals surface area contributed by atoms with E-state index in [1.807, 2.05) is 0 Å². The molecule has 3 fully saturated rings. The Kier molecular flexibility index (Phi) is 11.8. The van der Waals surface area contributed by atoms with Gasteiger partial charge in [0.1, 0.15) is 23.9 Å². The zero-order valence-electron chi connectivity index (χ0n) is 35.2. The molecule has 1 saturated heterocycles. The summed E-state index contributed by atoms with van der Waals surface area (Å²) >= 11 is 0. The minimum absolute atomic E-state index is 0.00289. The zero-order valence-corrected chi connectivity index (χ0v) is 35.2. The number of hydrogen-bond acceptors (Lipinski definition) is 14. The quantitative estimate of drug-likeness (QED) is 0.130. The topological polar surface area (TPSA) is 221 Å². The molecule has 1 aliphatic heterocycles. The number of hydrogen-bond donors (Lipinski definition) is 4. The van der Waals surface area contributed by atoms with Crippen LogP contribution in [-0.2, 0) is 42.9 Å². The highest BCUT2D eigenvalue weighted by atomic mass is 16.6. The van der Waals surface area contributed by atoms with Crippen LogP contribution >= 0.6 is 0 Å². The van der Waals surface area contributed by atoms with Gasteiger partial charge in [0.2, 0.25) is 0 Å². The Bertz CT molecular complexity index is 2280. The molecule has 4 N–H and O–H groups in total. The highest BCUT2D eigenvalue weighted by Crippen LogP contribution is 2.64. The van der Waals surface area contributed by atoms with E-state index in [0.29, 0.717) is 5.56 Å². The average molecular weight is 854 g/mol. The molecule has 3 aromatic carbocycles. The van der Waals surface area contributed by atoms with Crippen LogP contribution in [0.1, 0.15) is 86.7 Å². The average Bonchev–Trinajstić information content (AvgIpc) is 3.24. The number of rotatable bonds is 10. The number of ether oxygens (including phenoxy) is 5. The number of carbonyl (C=O) groups is 6. The molecule has 15 nitrogen and oxygen atoms in total. The molecule has 0 aromatic heterocycles. The van der Waals surface area contributed by atoms with Crippen LogP contribution in [0.2, 0.25) is 0 Å². The summed E-state index contributed by atoms with van der Waals surface area (Å²) in [5, 5.41) is 40.2. The lowest BCUT2D eigenvalue weighted by molar-refractivity contribution is -0.346. The van der Waals surface area contributed by atoms with E-state index in [9.17, 15) is 39.3 Å². The van der Waals surface area contributed by atoms with Gasteiger partial charge in [-0.1, -0.05) is 80.6 Å². The van der Waals surface area contributed by atoms with Crippen LogP contribution < -0.4 is 5.32 Å². The monoisotopic (exact) mass is 853 g/mol. The van der Waals surface area contributed by atoms with Gasteiger partial charge in [0, 0.05) is 37.7 Å². The fraction of sp³-hybridized carbons (Fsp3) is 0.447. The molecular weight excluding hydrogens is 803 g/mol. The van der Waals surface area contributed by atoms with Crippen molar-refractivity contribution in [1.82, 2.24) is 5.32 Å². The summed E-state index contributed by atoms with van der Waals surface area (Å²) in [4.78, 5) is 83.5. The molecule has 328 valence electrons. The molecule has 2 bridgehead atoms. The first kappa shape index (κ1) is 44.3. The number of esters is 4. The van der Waals surface area contributed by atoms with Crippen molar-refractivity contribution in [3.8, 4) is 0 Å². The third kappa shape index (κ3) is 7.29. The molecular formula is C47H51NO14. The third-order valence-corrected chi connectivity index (χ3v) is 13.5. The minimum atomic E-state index is -2.39. The van der Waals surface area contributed by atoms with Gasteiger partial charge in [-0.2, -0.15) is 0 Å². The van der Waals surface area contributed by atoms with Crippen LogP contribution in [0.3, 0.4) is 0 Å². The molecule has 15 heteroatoms. The summed E-state index contributed by atoms with van der Waals surface area (Å²) in [5.74, 6) is -6.84.